The van der Waals surface area contributed by atoms with Gasteiger partial charge in [-0.25, -0.2) is 0 Å². The summed E-state index contributed by atoms with van der Waals surface area (Å²) in [5, 5.41) is 0. The van der Waals surface area contributed by atoms with Crippen LogP contribution in [0.3, 0.4) is 0 Å². The van der Waals surface area contributed by atoms with Crippen LogP contribution in [0.4, 0.5) is 0 Å². The Hall–Kier alpha value is -1.30. The molecule has 0 N–H and O–H groups in total. The summed E-state index contributed by atoms with van der Waals surface area (Å²) in [6, 6.07) is 2.44. The SMILES string of the molecule is C/C=C/C=C(/C)c1cc(CC)c(CC)c(CC)c1CC. The monoisotopic (exact) mass is 270 g/mol. The second-order valence-corrected chi connectivity index (χ2v) is 5.31. The highest BCUT2D eigenvalue weighted by atomic mass is 14.2. The van der Waals surface area contributed by atoms with Crippen LogP contribution in [0, 0.1) is 0 Å². The number of rotatable bonds is 6. The summed E-state index contributed by atoms with van der Waals surface area (Å²) in [5.74, 6) is 0. The van der Waals surface area contributed by atoms with Gasteiger partial charge in [-0.15, -0.1) is 0 Å². The molecule has 0 aliphatic heterocycles. The molecule has 1 rings (SSSR count). The van der Waals surface area contributed by atoms with E-state index in [2.05, 4.69) is 65.8 Å². The molecule has 0 atom stereocenters. The molecule has 0 saturated carbocycles. The zero-order valence-electron chi connectivity index (χ0n) is 14.1. The van der Waals surface area contributed by atoms with Crippen LogP contribution in [0.2, 0.25) is 0 Å². The summed E-state index contributed by atoms with van der Waals surface area (Å²) in [6.07, 6.45) is 11.0. The maximum Gasteiger partial charge on any atom is -0.0190 e. The Morgan fingerprint density at radius 2 is 1.50 bits per heavy atom. The highest BCUT2D eigenvalue weighted by Crippen LogP contribution is 2.30. The molecule has 0 bridgehead atoms. The third kappa shape index (κ3) is 3.42. The smallest absolute Gasteiger partial charge is 0.0190 e. The van der Waals surface area contributed by atoms with Gasteiger partial charge < -0.3 is 0 Å². The van der Waals surface area contributed by atoms with Crippen molar-refractivity contribution >= 4 is 5.57 Å². The van der Waals surface area contributed by atoms with Crippen molar-refractivity contribution in [2.75, 3.05) is 0 Å². The van der Waals surface area contributed by atoms with Crippen LogP contribution in [-0.2, 0) is 25.7 Å². The molecule has 0 fully saturated rings. The molecule has 20 heavy (non-hydrogen) atoms. The van der Waals surface area contributed by atoms with E-state index in [9.17, 15) is 0 Å². The highest BCUT2D eigenvalue weighted by molar-refractivity contribution is 5.71. The summed E-state index contributed by atoms with van der Waals surface area (Å²) >= 11 is 0. The molecule has 0 radical (unpaired) electrons. The minimum Gasteiger partial charge on any atom is -0.0877 e. The quantitative estimate of drug-likeness (QED) is 0.563. The lowest BCUT2D eigenvalue weighted by Gasteiger charge is -2.21. The molecule has 0 heteroatoms. The van der Waals surface area contributed by atoms with Crippen LogP contribution in [0.15, 0.2) is 24.3 Å². The van der Waals surface area contributed by atoms with E-state index in [1.807, 2.05) is 0 Å². The summed E-state index contributed by atoms with van der Waals surface area (Å²) in [7, 11) is 0. The predicted molar refractivity (Wildman–Crippen MR) is 92.4 cm³/mol. The fourth-order valence-corrected chi connectivity index (χ4v) is 3.16. The van der Waals surface area contributed by atoms with Crippen LogP contribution < -0.4 is 0 Å². The van der Waals surface area contributed by atoms with E-state index in [0.717, 1.165) is 25.7 Å². The number of benzene rings is 1. The normalized spacial score (nSPS) is 12.4. The second-order valence-electron chi connectivity index (χ2n) is 5.31. The van der Waals surface area contributed by atoms with Crippen LogP contribution >= 0.6 is 0 Å². The largest absolute Gasteiger partial charge is 0.0877 e. The molecule has 110 valence electrons. The molecule has 0 aromatic heterocycles. The lowest BCUT2D eigenvalue weighted by atomic mass is 9.84. The Morgan fingerprint density at radius 3 is 1.95 bits per heavy atom. The Bertz CT molecular complexity index is 501. The number of allylic oxidation sites excluding steroid dienone is 4. The Labute approximate surface area is 125 Å². The molecule has 0 unspecified atom stereocenters. The molecule has 1 aromatic rings. The lowest BCUT2D eigenvalue weighted by Crippen LogP contribution is -2.06. The number of aryl methyl sites for hydroxylation is 1. The van der Waals surface area contributed by atoms with E-state index in [1.165, 1.54) is 16.7 Å². The van der Waals surface area contributed by atoms with E-state index >= 15 is 0 Å². The zero-order chi connectivity index (χ0) is 15.1. The maximum atomic E-state index is 2.44. The third-order valence-corrected chi connectivity index (χ3v) is 4.16. The molecule has 0 amide bonds. The van der Waals surface area contributed by atoms with E-state index < -0.39 is 0 Å². The Kier molecular flexibility index (Phi) is 6.78. The van der Waals surface area contributed by atoms with Crippen molar-refractivity contribution in [3.8, 4) is 0 Å². The topological polar surface area (TPSA) is 0 Å². The van der Waals surface area contributed by atoms with Gasteiger partial charge in [0.25, 0.3) is 0 Å². The van der Waals surface area contributed by atoms with Gasteiger partial charge in [0.15, 0.2) is 0 Å². The average molecular weight is 270 g/mol. The van der Waals surface area contributed by atoms with Crippen molar-refractivity contribution in [3.63, 3.8) is 0 Å². The van der Waals surface area contributed by atoms with Gasteiger partial charge in [0.05, 0.1) is 0 Å². The summed E-state index contributed by atoms with van der Waals surface area (Å²) in [5.41, 5.74) is 9.11. The molecule has 0 aliphatic rings. The van der Waals surface area contributed by atoms with E-state index in [-0.39, 0.29) is 0 Å². The van der Waals surface area contributed by atoms with Crippen molar-refractivity contribution in [2.45, 2.75) is 67.2 Å². The molecule has 0 saturated heterocycles. The van der Waals surface area contributed by atoms with Gasteiger partial charge in [-0.3, -0.25) is 0 Å². The van der Waals surface area contributed by atoms with Crippen LogP contribution in [-0.4, -0.2) is 0 Å². The van der Waals surface area contributed by atoms with Crippen molar-refractivity contribution in [1.82, 2.24) is 0 Å². The first-order valence-corrected chi connectivity index (χ1v) is 8.10. The Balaban J connectivity index is 3.59. The first kappa shape index (κ1) is 16.8. The van der Waals surface area contributed by atoms with Gasteiger partial charge in [-0.05, 0) is 72.9 Å². The zero-order valence-corrected chi connectivity index (χ0v) is 14.1. The number of hydrogen-bond acceptors (Lipinski definition) is 0. The van der Waals surface area contributed by atoms with Crippen LogP contribution in [0.5, 0.6) is 0 Å². The minimum absolute atomic E-state index is 1.12. The summed E-state index contributed by atoms with van der Waals surface area (Å²) in [4.78, 5) is 0. The molecule has 0 nitrogen and oxygen atoms in total. The van der Waals surface area contributed by atoms with Gasteiger partial charge in [-0.2, -0.15) is 0 Å². The van der Waals surface area contributed by atoms with E-state index in [4.69, 9.17) is 0 Å². The molecule has 0 spiro atoms. The van der Waals surface area contributed by atoms with Gasteiger partial charge >= 0.3 is 0 Å². The van der Waals surface area contributed by atoms with Crippen molar-refractivity contribution in [1.29, 1.82) is 0 Å². The van der Waals surface area contributed by atoms with Gasteiger partial charge in [-0.1, -0.05) is 52.0 Å². The van der Waals surface area contributed by atoms with Crippen LogP contribution in [0.25, 0.3) is 5.57 Å². The fraction of sp³-hybridized carbons (Fsp3) is 0.500. The number of hydrogen-bond donors (Lipinski definition) is 0. The van der Waals surface area contributed by atoms with Crippen molar-refractivity contribution in [2.24, 2.45) is 0 Å². The lowest BCUT2D eigenvalue weighted by molar-refractivity contribution is 0.940. The molecule has 0 heterocycles. The van der Waals surface area contributed by atoms with Crippen LogP contribution in [0.1, 0.15) is 69.4 Å². The highest BCUT2D eigenvalue weighted by Gasteiger charge is 2.14. The predicted octanol–water partition coefficient (Wildman–Crippen LogP) is 5.92. The standard InChI is InChI=1S/C20H30/c1-7-12-13-15(6)20-14-16(8-2)17(9-3)18(10-4)19(20)11-5/h7,12-14H,8-11H2,1-6H3/b12-7+,15-13-. The van der Waals surface area contributed by atoms with Gasteiger partial charge in [0.1, 0.15) is 0 Å². The second kappa shape index (κ2) is 8.09. The first-order valence-electron chi connectivity index (χ1n) is 8.10. The molecule has 0 aliphatic carbocycles. The minimum atomic E-state index is 1.12. The van der Waals surface area contributed by atoms with E-state index in [1.54, 1.807) is 16.7 Å². The first-order chi connectivity index (χ1) is 9.64. The molecular weight excluding hydrogens is 240 g/mol. The maximum absolute atomic E-state index is 2.44. The third-order valence-electron chi connectivity index (χ3n) is 4.16. The molecular formula is C20H30. The van der Waals surface area contributed by atoms with Crippen molar-refractivity contribution in [3.05, 3.63) is 52.1 Å². The molecule has 1 aromatic carbocycles. The average Bonchev–Trinajstić information content (AvgIpc) is 2.49. The van der Waals surface area contributed by atoms with E-state index in [0.29, 0.717) is 0 Å². The summed E-state index contributed by atoms with van der Waals surface area (Å²) in [6.45, 7) is 13.4. The Morgan fingerprint density at radius 1 is 0.900 bits per heavy atom. The summed E-state index contributed by atoms with van der Waals surface area (Å²) < 4.78 is 0. The van der Waals surface area contributed by atoms with Crippen molar-refractivity contribution < 1.29 is 0 Å². The van der Waals surface area contributed by atoms with Gasteiger partial charge in [0, 0.05) is 0 Å². The van der Waals surface area contributed by atoms with Gasteiger partial charge in [0.2, 0.25) is 0 Å². The fourth-order valence-electron chi connectivity index (χ4n) is 3.16.